The highest BCUT2D eigenvalue weighted by molar-refractivity contribution is 7.93. The fourth-order valence-electron chi connectivity index (χ4n) is 3.16. The third-order valence-electron chi connectivity index (χ3n) is 4.22. The second kappa shape index (κ2) is 6.02. The van der Waals surface area contributed by atoms with Gasteiger partial charge in [-0.2, -0.15) is 5.26 Å². The largest absolute Gasteiger partial charge is 0.330 e. The average molecular weight is 322 g/mol. The lowest BCUT2D eigenvalue weighted by atomic mass is 9.78. The van der Waals surface area contributed by atoms with Crippen molar-refractivity contribution in [2.75, 3.05) is 6.54 Å². The van der Waals surface area contributed by atoms with Gasteiger partial charge in [0.15, 0.2) is 14.6 Å². The number of sulfone groups is 1. The molecule has 1 rings (SSSR count). The minimum Gasteiger partial charge on any atom is -0.330 e. The van der Waals surface area contributed by atoms with Crippen LogP contribution in [0.4, 0.5) is 0 Å². The zero-order valence-corrected chi connectivity index (χ0v) is 15.1. The van der Waals surface area contributed by atoms with E-state index in [1.165, 1.54) is 0 Å². The number of hydrogen-bond acceptors (Lipinski definition) is 4. The van der Waals surface area contributed by atoms with Gasteiger partial charge in [-0.25, -0.2) is 8.42 Å². The zero-order chi connectivity index (χ0) is 17.3. The van der Waals surface area contributed by atoms with Crippen molar-refractivity contribution in [3.63, 3.8) is 0 Å². The molecule has 0 saturated carbocycles. The van der Waals surface area contributed by atoms with Gasteiger partial charge in [0.25, 0.3) is 0 Å². The summed E-state index contributed by atoms with van der Waals surface area (Å²) in [7, 11) is -3.85. The van der Waals surface area contributed by atoms with Gasteiger partial charge < -0.3 is 5.73 Å². The molecule has 1 aromatic rings. The van der Waals surface area contributed by atoms with Crippen molar-refractivity contribution in [3.8, 4) is 6.07 Å². The first-order valence-corrected chi connectivity index (χ1v) is 8.86. The Bertz CT molecular complexity index is 686. The molecule has 1 unspecified atom stereocenters. The van der Waals surface area contributed by atoms with Crippen LogP contribution in [0.3, 0.4) is 0 Å². The van der Waals surface area contributed by atoms with Crippen molar-refractivity contribution in [1.82, 2.24) is 0 Å². The van der Waals surface area contributed by atoms with Crippen molar-refractivity contribution < 1.29 is 8.42 Å². The van der Waals surface area contributed by atoms with Crippen LogP contribution in [0.2, 0.25) is 0 Å². The maximum Gasteiger partial charge on any atom is 0.198 e. The summed E-state index contributed by atoms with van der Waals surface area (Å²) < 4.78 is 25.3. The van der Waals surface area contributed by atoms with Crippen LogP contribution in [-0.2, 0) is 9.84 Å². The summed E-state index contributed by atoms with van der Waals surface area (Å²) >= 11 is 0. The van der Waals surface area contributed by atoms with Crippen LogP contribution in [0.25, 0.3) is 0 Å². The smallest absolute Gasteiger partial charge is 0.198 e. The van der Waals surface area contributed by atoms with E-state index in [2.05, 4.69) is 6.07 Å². The molecule has 0 heterocycles. The highest BCUT2D eigenvalue weighted by atomic mass is 32.2. The molecule has 0 aromatic heterocycles. The molecule has 122 valence electrons. The number of benzene rings is 1. The Morgan fingerprint density at radius 3 is 1.91 bits per heavy atom. The molecule has 0 bridgehead atoms. The monoisotopic (exact) mass is 322 g/mol. The molecule has 2 N–H and O–H groups in total. The summed E-state index contributed by atoms with van der Waals surface area (Å²) in [4.78, 5) is 0.267. The number of hydrogen-bond donors (Lipinski definition) is 1. The van der Waals surface area contributed by atoms with Crippen LogP contribution in [0.5, 0.6) is 0 Å². The van der Waals surface area contributed by atoms with Crippen molar-refractivity contribution >= 4 is 9.84 Å². The second-order valence-corrected chi connectivity index (χ2v) is 9.07. The molecule has 4 nitrogen and oxygen atoms in total. The molecule has 5 heteroatoms. The van der Waals surface area contributed by atoms with E-state index in [4.69, 9.17) is 5.73 Å². The Morgan fingerprint density at radius 1 is 1.14 bits per heavy atom. The molecular formula is C17H26N2O2S. The molecule has 1 aromatic carbocycles. The maximum atomic E-state index is 13.4. The van der Waals surface area contributed by atoms with Gasteiger partial charge in [0.05, 0.1) is 11.0 Å². The van der Waals surface area contributed by atoms with E-state index < -0.39 is 20.0 Å². The standard InChI is InChI=1S/C17H26N2O2S/c1-12-9-13(2)15(14(3)10-12)22(20,21)17(11-19,7-8-18)16(4,5)6/h9-10H,7-8,18H2,1-6H3. The first kappa shape index (κ1) is 18.7. The summed E-state index contributed by atoms with van der Waals surface area (Å²) in [6.45, 7) is 11.0. The van der Waals surface area contributed by atoms with Crippen molar-refractivity contribution in [2.45, 2.75) is 57.6 Å². The summed E-state index contributed by atoms with van der Waals surface area (Å²) in [6.07, 6.45) is 0.113. The number of nitrogens with two attached hydrogens (primary N) is 1. The van der Waals surface area contributed by atoms with Crippen molar-refractivity contribution in [1.29, 1.82) is 5.26 Å². The molecule has 0 aliphatic carbocycles. The topological polar surface area (TPSA) is 84.0 Å². The van der Waals surface area contributed by atoms with Crippen LogP contribution >= 0.6 is 0 Å². The Kier molecular flexibility index (Phi) is 5.11. The molecular weight excluding hydrogens is 296 g/mol. The summed E-state index contributed by atoms with van der Waals surface area (Å²) in [5.41, 5.74) is 7.26. The Labute approximate surface area is 134 Å². The fourth-order valence-corrected chi connectivity index (χ4v) is 5.79. The van der Waals surface area contributed by atoms with Gasteiger partial charge in [-0.15, -0.1) is 0 Å². The van der Waals surface area contributed by atoms with E-state index in [0.717, 1.165) is 5.56 Å². The average Bonchev–Trinajstić information content (AvgIpc) is 2.32. The molecule has 0 amide bonds. The minimum atomic E-state index is -3.85. The number of rotatable bonds is 4. The van der Waals surface area contributed by atoms with Gasteiger partial charge in [0.2, 0.25) is 0 Å². The van der Waals surface area contributed by atoms with Gasteiger partial charge in [-0.1, -0.05) is 38.5 Å². The van der Waals surface area contributed by atoms with Gasteiger partial charge in [-0.05, 0) is 50.3 Å². The van der Waals surface area contributed by atoms with Crippen LogP contribution < -0.4 is 5.73 Å². The van der Waals surface area contributed by atoms with E-state index in [-0.39, 0.29) is 17.9 Å². The normalized spacial score (nSPS) is 15.2. The van der Waals surface area contributed by atoms with Gasteiger partial charge in [0, 0.05) is 0 Å². The number of nitriles is 1. The predicted molar refractivity (Wildman–Crippen MR) is 89.3 cm³/mol. The molecule has 1 atom stereocenters. The number of nitrogens with zero attached hydrogens (tertiary/aromatic N) is 1. The lowest BCUT2D eigenvalue weighted by Gasteiger charge is -2.39. The van der Waals surface area contributed by atoms with Gasteiger partial charge >= 0.3 is 0 Å². The predicted octanol–water partition coefficient (Wildman–Crippen LogP) is 3.04. The summed E-state index contributed by atoms with van der Waals surface area (Å²) in [5.74, 6) is 0. The fraction of sp³-hybridized carbons (Fsp3) is 0.588. The van der Waals surface area contributed by atoms with E-state index in [9.17, 15) is 13.7 Å². The summed E-state index contributed by atoms with van der Waals surface area (Å²) in [6, 6.07) is 5.78. The third-order valence-corrected chi connectivity index (χ3v) is 7.23. The van der Waals surface area contributed by atoms with Crippen LogP contribution in [0.1, 0.15) is 43.9 Å². The van der Waals surface area contributed by atoms with Crippen molar-refractivity contribution in [3.05, 3.63) is 28.8 Å². The second-order valence-electron chi connectivity index (χ2n) is 6.96. The van der Waals surface area contributed by atoms with Crippen LogP contribution in [-0.4, -0.2) is 19.7 Å². The quantitative estimate of drug-likeness (QED) is 0.923. The molecule has 0 radical (unpaired) electrons. The van der Waals surface area contributed by atoms with Crippen LogP contribution in [0, 0.1) is 37.5 Å². The van der Waals surface area contributed by atoms with E-state index in [1.807, 2.05) is 19.1 Å². The van der Waals surface area contributed by atoms with E-state index >= 15 is 0 Å². The Hall–Kier alpha value is -1.38. The molecule has 0 spiro atoms. The first-order valence-electron chi connectivity index (χ1n) is 7.38. The highest BCUT2D eigenvalue weighted by Gasteiger charge is 2.54. The van der Waals surface area contributed by atoms with E-state index in [1.54, 1.807) is 34.6 Å². The third kappa shape index (κ3) is 2.78. The molecule has 0 saturated heterocycles. The number of aryl methyl sites for hydroxylation is 3. The van der Waals surface area contributed by atoms with Gasteiger partial charge in [-0.3, -0.25) is 0 Å². The maximum absolute atomic E-state index is 13.4. The van der Waals surface area contributed by atoms with Crippen molar-refractivity contribution in [2.24, 2.45) is 11.1 Å². The SMILES string of the molecule is Cc1cc(C)c(S(=O)(=O)C(C#N)(CCN)C(C)(C)C)c(C)c1. The molecule has 0 aliphatic heterocycles. The Morgan fingerprint density at radius 2 is 1.59 bits per heavy atom. The van der Waals surface area contributed by atoms with E-state index in [0.29, 0.717) is 11.1 Å². The lowest BCUT2D eigenvalue weighted by molar-refractivity contribution is 0.306. The molecule has 22 heavy (non-hydrogen) atoms. The molecule has 0 fully saturated rings. The summed E-state index contributed by atoms with van der Waals surface area (Å²) in [5, 5.41) is 9.79. The molecule has 0 aliphatic rings. The first-order chi connectivity index (χ1) is 9.94. The lowest BCUT2D eigenvalue weighted by Crippen LogP contribution is -2.50. The Balaban J connectivity index is 3.81. The minimum absolute atomic E-state index is 0.113. The zero-order valence-electron chi connectivity index (χ0n) is 14.3. The van der Waals surface area contributed by atoms with Gasteiger partial charge in [0.1, 0.15) is 0 Å². The van der Waals surface area contributed by atoms with Crippen LogP contribution in [0.15, 0.2) is 17.0 Å². The highest BCUT2D eigenvalue weighted by Crippen LogP contribution is 2.44.